The van der Waals surface area contributed by atoms with E-state index >= 15 is 0 Å². The molecular weight excluding hydrogens is 350 g/mol. The average molecular weight is 367 g/mol. The van der Waals surface area contributed by atoms with Crippen molar-refractivity contribution in [2.24, 2.45) is 0 Å². The van der Waals surface area contributed by atoms with Gasteiger partial charge in [0.25, 0.3) is 5.24 Å². The molecule has 1 N–H and O–H groups in total. The van der Waals surface area contributed by atoms with Crippen molar-refractivity contribution >= 4 is 33.9 Å². The second kappa shape index (κ2) is 6.84. The van der Waals surface area contributed by atoms with Gasteiger partial charge in [0.1, 0.15) is 11.6 Å². The minimum atomic E-state index is -0.230. The number of hydrogen-bond acceptors (Lipinski definition) is 5. The lowest BCUT2D eigenvalue weighted by atomic mass is 10.2. The molecule has 1 fully saturated rings. The highest BCUT2D eigenvalue weighted by Crippen LogP contribution is 2.25. The number of amides is 2. The molecule has 7 heteroatoms. The number of aromatic nitrogens is 2. The summed E-state index contributed by atoms with van der Waals surface area (Å²) in [5.41, 5.74) is 2.77. The molecule has 2 amide bonds. The van der Waals surface area contributed by atoms with E-state index in [4.69, 9.17) is 4.74 Å². The molecule has 1 aliphatic rings. The Morgan fingerprint density at radius 3 is 2.65 bits per heavy atom. The number of fused-ring (bicyclic) bond motifs is 1. The summed E-state index contributed by atoms with van der Waals surface area (Å²) in [6.07, 6.45) is -0.230. The Kier molecular flexibility index (Phi) is 4.38. The third-order valence-electron chi connectivity index (χ3n) is 4.21. The molecule has 2 aromatic carbocycles. The van der Waals surface area contributed by atoms with Crippen molar-refractivity contribution in [1.29, 1.82) is 0 Å². The fourth-order valence-electron chi connectivity index (χ4n) is 2.81. The number of ether oxygens (including phenoxy) is 1. The summed E-state index contributed by atoms with van der Waals surface area (Å²) < 4.78 is 5.95. The van der Waals surface area contributed by atoms with Crippen LogP contribution in [0.5, 0.6) is 5.75 Å². The van der Waals surface area contributed by atoms with Gasteiger partial charge in [-0.05, 0) is 36.8 Å². The first kappa shape index (κ1) is 16.7. The van der Waals surface area contributed by atoms with E-state index in [0.717, 1.165) is 34.2 Å². The van der Waals surface area contributed by atoms with E-state index in [1.165, 1.54) is 4.90 Å². The summed E-state index contributed by atoms with van der Waals surface area (Å²) >= 11 is 1.05. The van der Waals surface area contributed by atoms with E-state index in [1.54, 1.807) is 0 Å². The maximum Gasteiger partial charge on any atom is 0.289 e. The van der Waals surface area contributed by atoms with Crippen LogP contribution in [0.1, 0.15) is 24.4 Å². The van der Waals surface area contributed by atoms with Crippen LogP contribution >= 0.6 is 11.8 Å². The van der Waals surface area contributed by atoms with Gasteiger partial charge in [-0.25, -0.2) is 4.98 Å². The maximum absolute atomic E-state index is 11.7. The molecule has 0 bridgehead atoms. The van der Waals surface area contributed by atoms with Gasteiger partial charge in [-0.1, -0.05) is 36.0 Å². The van der Waals surface area contributed by atoms with Crippen molar-refractivity contribution in [2.75, 3.05) is 5.75 Å². The number of rotatable bonds is 5. The number of benzene rings is 2. The van der Waals surface area contributed by atoms with Crippen LogP contribution in [0.2, 0.25) is 0 Å². The largest absolute Gasteiger partial charge is 0.483 e. The number of imidazole rings is 1. The van der Waals surface area contributed by atoms with Crippen molar-refractivity contribution in [3.8, 4) is 5.75 Å². The van der Waals surface area contributed by atoms with E-state index in [-0.39, 0.29) is 23.0 Å². The van der Waals surface area contributed by atoms with Gasteiger partial charge < -0.3 is 9.72 Å². The molecule has 1 aromatic heterocycles. The second-order valence-electron chi connectivity index (χ2n) is 6.08. The number of nitrogens with zero attached hydrogens (tertiary/aromatic N) is 2. The van der Waals surface area contributed by atoms with Crippen molar-refractivity contribution in [2.45, 2.75) is 19.6 Å². The van der Waals surface area contributed by atoms with Gasteiger partial charge in [0.05, 0.1) is 23.3 Å². The van der Waals surface area contributed by atoms with Crippen molar-refractivity contribution in [1.82, 2.24) is 14.9 Å². The van der Waals surface area contributed by atoms with E-state index in [0.29, 0.717) is 12.3 Å². The number of para-hydroxylation sites is 2. The molecule has 0 saturated carbocycles. The van der Waals surface area contributed by atoms with Gasteiger partial charge in [0.2, 0.25) is 5.91 Å². The Labute approximate surface area is 154 Å². The maximum atomic E-state index is 11.7. The Balaban J connectivity index is 1.43. The zero-order valence-corrected chi connectivity index (χ0v) is 15.0. The van der Waals surface area contributed by atoms with Gasteiger partial charge in [-0.3, -0.25) is 14.5 Å². The highest BCUT2D eigenvalue weighted by Gasteiger charge is 2.29. The number of carbonyl (C=O) groups excluding carboxylic acids is 2. The molecule has 1 saturated heterocycles. The summed E-state index contributed by atoms with van der Waals surface area (Å²) in [6, 6.07) is 15.3. The number of hydrogen-bond donors (Lipinski definition) is 1. The van der Waals surface area contributed by atoms with Gasteiger partial charge in [-0.15, -0.1) is 0 Å². The zero-order chi connectivity index (χ0) is 18.1. The van der Waals surface area contributed by atoms with E-state index < -0.39 is 0 Å². The molecule has 4 rings (SSSR count). The fourth-order valence-corrected chi connectivity index (χ4v) is 3.54. The van der Waals surface area contributed by atoms with Crippen LogP contribution in [0.3, 0.4) is 0 Å². The smallest absolute Gasteiger partial charge is 0.289 e. The number of H-pyrrole nitrogens is 1. The van der Waals surface area contributed by atoms with Crippen LogP contribution in [0.15, 0.2) is 48.5 Å². The van der Waals surface area contributed by atoms with E-state index in [1.807, 2.05) is 55.5 Å². The first-order chi connectivity index (χ1) is 12.6. The number of nitrogens with one attached hydrogen (secondary N) is 1. The summed E-state index contributed by atoms with van der Waals surface area (Å²) in [5.74, 6) is 1.56. The molecule has 1 unspecified atom stereocenters. The topological polar surface area (TPSA) is 75.3 Å². The zero-order valence-electron chi connectivity index (χ0n) is 14.1. The quantitative estimate of drug-likeness (QED) is 0.740. The Bertz CT molecular complexity index is 919. The number of aromatic amines is 1. The van der Waals surface area contributed by atoms with Crippen molar-refractivity contribution < 1.29 is 14.3 Å². The van der Waals surface area contributed by atoms with Crippen LogP contribution in [-0.2, 0) is 11.3 Å². The number of carbonyl (C=O) groups is 2. The average Bonchev–Trinajstić information content (AvgIpc) is 3.22. The first-order valence-corrected chi connectivity index (χ1v) is 9.26. The van der Waals surface area contributed by atoms with Crippen LogP contribution in [0.25, 0.3) is 11.0 Å². The highest BCUT2D eigenvalue weighted by molar-refractivity contribution is 8.14. The van der Waals surface area contributed by atoms with Gasteiger partial charge in [0, 0.05) is 0 Å². The van der Waals surface area contributed by atoms with Crippen molar-refractivity contribution in [3.05, 3.63) is 59.9 Å². The molecule has 1 atom stereocenters. The predicted octanol–water partition coefficient (Wildman–Crippen LogP) is 3.90. The molecule has 0 aliphatic carbocycles. The fraction of sp³-hybridized carbons (Fsp3) is 0.211. The van der Waals surface area contributed by atoms with Crippen LogP contribution < -0.4 is 4.74 Å². The first-order valence-electron chi connectivity index (χ1n) is 8.27. The third kappa shape index (κ3) is 3.30. The third-order valence-corrected chi connectivity index (χ3v) is 5.07. The summed E-state index contributed by atoms with van der Waals surface area (Å²) in [7, 11) is 0. The monoisotopic (exact) mass is 367 g/mol. The van der Waals surface area contributed by atoms with Crippen LogP contribution in [-0.4, -0.2) is 31.8 Å². The lowest BCUT2D eigenvalue weighted by Gasteiger charge is -2.15. The normalized spacial score (nSPS) is 15.7. The summed E-state index contributed by atoms with van der Waals surface area (Å²) in [4.78, 5) is 32.4. The Morgan fingerprint density at radius 2 is 1.96 bits per heavy atom. The van der Waals surface area contributed by atoms with Gasteiger partial charge in [-0.2, -0.15) is 0 Å². The molecule has 26 heavy (non-hydrogen) atoms. The summed E-state index contributed by atoms with van der Waals surface area (Å²) in [6.45, 7) is 2.23. The number of thioether (sulfide) groups is 1. The molecule has 0 radical (unpaired) electrons. The molecule has 132 valence electrons. The highest BCUT2D eigenvalue weighted by atomic mass is 32.2. The Morgan fingerprint density at radius 1 is 1.19 bits per heavy atom. The minimum Gasteiger partial charge on any atom is -0.483 e. The van der Waals surface area contributed by atoms with Crippen LogP contribution in [0.4, 0.5) is 4.79 Å². The second-order valence-corrected chi connectivity index (χ2v) is 7.00. The van der Waals surface area contributed by atoms with Gasteiger partial charge in [0.15, 0.2) is 6.10 Å². The van der Waals surface area contributed by atoms with E-state index in [2.05, 4.69) is 9.97 Å². The SMILES string of the molecule is CC(Oc1ccc(CN2C(=O)CSC2=O)cc1)c1nc2ccccc2[nH]1. The van der Waals surface area contributed by atoms with Crippen molar-refractivity contribution in [3.63, 3.8) is 0 Å². The number of imide groups is 1. The molecule has 2 heterocycles. The molecule has 6 nitrogen and oxygen atoms in total. The lowest BCUT2D eigenvalue weighted by molar-refractivity contribution is -0.125. The minimum absolute atomic E-state index is 0.140. The Hall–Kier alpha value is -2.80. The lowest BCUT2D eigenvalue weighted by Crippen LogP contribution is -2.27. The molecular formula is C19H17N3O3S. The summed E-state index contributed by atoms with van der Waals surface area (Å²) in [5, 5.41) is -0.186. The molecule has 3 aromatic rings. The molecule has 1 aliphatic heterocycles. The predicted molar refractivity (Wildman–Crippen MR) is 100.0 cm³/mol. The van der Waals surface area contributed by atoms with Crippen LogP contribution in [0, 0.1) is 0 Å². The van der Waals surface area contributed by atoms with Gasteiger partial charge >= 0.3 is 0 Å². The van der Waals surface area contributed by atoms with E-state index in [9.17, 15) is 9.59 Å². The standard InChI is InChI=1S/C19H17N3O3S/c1-12(18-20-15-4-2-3-5-16(15)21-18)25-14-8-6-13(7-9-14)10-22-17(23)11-26-19(22)24/h2-9,12H,10-11H2,1H3,(H,20,21). The molecule has 0 spiro atoms.